The zero-order chi connectivity index (χ0) is 22.0. The number of aromatic nitrogens is 4. The predicted octanol–water partition coefficient (Wildman–Crippen LogP) is 2.52. The van der Waals surface area contributed by atoms with E-state index in [1.165, 1.54) is 23.1 Å². The van der Waals surface area contributed by atoms with Crippen LogP contribution in [0.3, 0.4) is 0 Å². The first-order valence-electron chi connectivity index (χ1n) is 9.22. The van der Waals surface area contributed by atoms with E-state index < -0.39 is 17.7 Å². The first-order valence-corrected chi connectivity index (χ1v) is 9.22. The molecule has 12 heteroatoms. The quantitative estimate of drug-likeness (QED) is 0.371. The minimum Gasteiger partial charge on any atom is -0.383 e. The number of amidine groups is 1. The Labute approximate surface area is 173 Å². The van der Waals surface area contributed by atoms with Gasteiger partial charge in [0, 0.05) is 24.8 Å². The molecule has 0 amide bonds. The van der Waals surface area contributed by atoms with Crippen LogP contribution in [0.5, 0.6) is 0 Å². The Kier molecular flexibility index (Phi) is 5.65. The van der Waals surface area contributed by atoms with Crippen LogP contribution >= 0.6 is 0 Å². The van der Waals surface area contributed by atoms with Gasteiger partial charge in [-0.2, -0.15) is 18.3 Å². The lowest BCUT2D eigenvalue weighted by Gasteiger charge is -2.24. The lowest BCUT2D eigenvalue weighted by atomic mass is 10.1. The normalized spacial score (nSPS) is 17.7. The van der Waals surface area contributed by atoms with E-state index in [-0.39, 0.29) is 17.8 Å². The molecule has 2 aromatic heterocycles. The number of nitrogens with two attached hydrogens (primary N) is 1. The second kappa shape index (κ2) is 8.40. The molecule has 1 aromatic carbocycles. The van der Waals surface area contributed by atoms with E-state index in [4.69, 9.17) is 10.5 Å². The second-order valence-corrected chi connectivity index (χ2v) is 6.70. The first kappa shape index (κ1) is 20.9. The van der Waals surface area contributed by atoms with Crippen molar-refractivity contribution in [3.05, 3.63) is 65.6 Å². The number of aliphatic imine (C=N–C) groups is 1. The Hall–Kier alpha value is -3.38. The molecule has 4 rings (SSSR count). The Bertz CT molecular complexity index is 1090. The molecule has 8 nitrogen and oxygen atoms in total. The molecule has 3 aromatic rings. The monoisotopic (exact) mass is 435 g/mol. The van der Waals surface area contributed by atoms with Crippen molar-refractivity contribution in [1.82, 2.24) is 25.1 Å². The van der Waals surface area contributed by atoms with E-state index in [0.717, 1.165) is 12.7 Å². The highest BCUT2D eigenvalue weighted by Crippen LogP contribution is 2.27. The maximum absolute atomic E-state index is 14.5. The zero-order valence-electron chi connectivity index (χ0n) is 16.0. The van der Waals surface area contributed by atoms with Crippen LogP contribution in [0.1, 0.15) is 22.9 Å². The Morgan fingerprint density at radius 1 is 1.23 bits per heavy atom. The summed E-state index contributed by atoms with van der Waals surface area (Å²) >= 11 is 0. The van der Waals surface area contributed by atoms with E-state index >= 15 is 0 Å². The van der Waals surface area contributed by atoms with Crippen LogP contribution in [0.2, 0.25) is 0 Å². The third-order valence-corrected chi connectivity index (χ3v) is 4.55. The summed E-state index contributed by atoms with van der Waals surface area (Å²) in [5.41, 5.74) is 5.98. The van der Waals surface area contributed by atoms with Crippen LogP contribution in [0.15, 0.2) is 48.0 Å². The molecule has 0 saturated carbocycles. The lowest BCUT2D eigenvalue weighted by molar-refractivity contribution is -0.141. The number of ether oxygens (including phenoxy) is 1. The zero-order valence-corrected chi connectivity index (χ0v) is 16.0. The van der Waals surface area contributed by atoms with Gasteiger partial charge in [0.1, 0.15) is 11.7 Å². The third-order valence-electron chi connectivity index (χ3n) is 4.55. The van der Waals surface area contributed by atoms with Crippen molar-refractivity contribution in [3.8, 4) is 5.82 Å². The number of morpholine rings is 1. The van der Waals surface area contributed by atoms with Gasteiger partial charge in [-0.05, 0) is 12.1 Å². The summed E-state index contributed by atoms with van der Waals surface area (Å²) in [6.45, 7) is 1.75. The highest BCUT2D eigenvalue weighted by atomic mass is 19.4. The van der Waals surface area contributed by atoms with Gasteiger partial charge >= 0.3 is 6.18 Å². The minimum atomic E-state index is -4.58. The average Bonchev–Trinajstić information content (AvgIpc) is 3.24. The topological polar surface area (TPSA) is 103 Å². The summed E-state index contributed by atoms with van der Waals surface area (Å²) in [6.07, 6.45) is -0.588. The van der Waals surface area contributed by atoms with Crippen molar-refractivity contribution in [3.63, 3.8) is 0 Å². The molecule has 1 aliphatic rings. The standard InChI is InChI=1S/C19H17F4N7O/c20-14-5-12(1-2-13(14)15-7-25-3-4-31-15)29-18(24)11-6-28-30(10-11)17-9-26-16(8-27-17)19(21,22)23/h1-2,5-6,8-10,15,25H,3-4,7H2,(H2,24,29)/t15-/m1/s1. The van der Waals surface area contributed by atoms with E-state index in [2.05, 4.69) is 25.4 Å². The molecule has 3 heterocycles. The maximum Gasteiger partial charge on any atom is 0.434 e. The Morgan fingerprint density at radius 3 is 2.71 bits per heavy atom. The molecule has 31 heavy (non-hydrogen) atoms. The van der Waals surface area contributed by atoms with Gasteiger partial charge in [0.25, 0.3) is 0 Å². The predicted molar refractivity (Wildman–Crippen MR) is 103 cm³/mol. The molecule has 162 valence electrons. The number of alkyl halides is 3. The second-order valence-electron chi connectivity index (χ2n) is 6.70. The van der Waals surface area contributed by atoms with Crippen LogP contribution < -0.4 is 11.1 Å². The van der Waals surface area contributed by atoms with Crippen LogP contribution in [0.25, 0.3) is 5.82 Å². The summed E-state index contributed by atoms with van der Waals surface area (Å²) in [6, 6.07) is 4.47. The number of benzene rings is 1. The number of nitrogens with one attached hydrogen (secondary N) is 1. The molecule has 1 aliphatic heterocycles. The molecule has 0 unspecified atom stereocenters. The van der Waals surface area contributed by atoms with Crippen molar-refractivity contribution in [2.75, 3.05) is 19.7 Å². The molecule has 1 saturated heterocycles. The van der Waals surface area contributed by atoms with Gasteiger partial charge in [-0.25, -0.2) is 24.0 Å². The molecule has 3 N–H and O–H groups in total. The summed E-state index contributed by atoms with van der Waals surface area (Å²) in [5, 5.41) is 7.15. The number of rotatable bonds is 4. The highest BCUT2D eigenvalue weighted by Gasteiger charge is 2.32. The summed E-state index contributed by atoms with van der Waals surface area (Å²) in [5.74, 6) is -0.337. The van der Waals surface area contributed by atoms with Crippen LogP contribution in [0, 0.1) is 5.82 Å². The molecular weight excluding hydrogens is 418 g/mol. The largest absolute Gasteiger partial charge is 0.434 e. The smallest absolute Gasteiger partial charge is 0.383 e. The first-order chi connectivity index (χ1) is 14.8. The maximum atomic E-state index is 14.5. The van der Waals surface area contributed by atoms with Crippen molar-refractivity contribution >= 4 is 11.5 Å². The van der Waals surface area contributed by atoms with Crippen molar-refractivity contribution in [1.29, 1.82) is 0 Å². The number of hydrogen-bond acceptors (Lipinski definition) is 6. The van der Waals surface area contributed by atoms with Gasteiger partial charge in [0.05, 0.1) is 42.6 Å². The fourth-order valence-electron chi connectivity index (χ4n) is 2.98. The van der Waals surface area contributed by atoms with Crippen LogP contribution in [-0.2, 0) is 10.9 Å². The lowest BCUT2D eigenvalue weighted by Crippen LogP contribution is -2.33. The van der Waals surface area contributed by atoms with E-state index in [1.807, 2.05) is 0 Å². The Balaban J connectivity index is 1.51. The van der Waals surface area contributed by atoms with Crippen LogP contribution in [-0.4, -0.2) is 45.3 Å². The SMILES string of the molecule is NC(=Nc1ccc([C@H]2CNCCO2)c(F)c1)c1cnn(-c2cnc(C(F)(F)F)cn2)c1. The van der Waals surface area contributed by atoms with Gasteiger partial charge in [-0.3, -0.25) is 0 Å². The van der Waals surface area contributed by atoms with Crippen molar-refractivity contribution < 1.29 is 22.3 Å². The van der Waals surface area contributed by atoms with E-state index in [0.29, 0.717) is 36.2 Å². The summed E-state index contributed by atoms with van der Waals surface area (Å²) < 4.78 is 59.1. The van der Waals surface area contributed by atoms with Gasteiger partial charge in [0.2, 0.25) is 0 Å². The van der Waals surface area contributed by atoms with Gasteiger partial charge in [-0.15, -0.1) is 0 Å². The molecule has 0 bridgehead atoms. The fraction of sp³-hybridized carbons (Fsp3) is 0.263. The molecule has 0 spiro atoms. The van der Waals surface area contributed by atoms with Gasteiger partial charge in [-0.1, -0.05) is 6.07 Å². The van der Waals surface area contributed by atoms with E-state index in [9.17, 15) is 17.6 Å². The van der Waals surface area contributed by atoms with Crippen molar-refractivity contribution in [2.45, 2.75) is 12.3 Å². The summed E-state index contributed by atoms with van der Waals surface area (Å²) in [7, 11) is 0. The van der Waals surface area contributed by atoms with Gasteiger partial charge in [0.15, 0.2) is 11.5 Å². The van der Waals surface area contributed by atoms with Gasteiger partial charge < -0.3 is 15.8 Å². The average molecular weight is 435 g/mol. The molecule has 1 atom stereocenters. The molecule has 0 aliphatic carbocycles. The number of nitrogens with zero attached hydrogens (tertiary/aromatic N) is 5. The summed E-state index contributed by atoms with van der Waals surface area (Å²) in [4.78, 5) is 11.2. The highest BCUT2D eigenvalue weighted by molar-refractivity contribution is 5.98. The minimum absolute atomic E-state index is 0.0499. The Morgan fingerprint density at radius 2 is 2.06 bits per heavy atom. The molecule has 0 radical (unpaired) electrons. The number of halogens is 4. The fourth-order valence-corrected chi connectivity index (χ4v) is 2.98. The molecular formula is C19H17F4N7O. The number of hydrogen-bond donors (Lipinski definition) is 2. The molecule has 1 fully saturated rings. The third kappa shape index (κ3) is 4.70. The van der Waals surface area contributed by atoms with E-state index in [1.54, 1.807) is 12.1 Å². The van der Waals surface area contributed by atoms with Crippen LogP contribution in [0.4, 0.5) is 23.2 Å². The van der Waals surface area contributed by atoms with Crippen molar-refractivity contribution in [2.24, 2.45) is 10.7 Å².